The van der Waals surface area contributed by atoms with Crippen molar-refractivity contribution in [1.82, 2.24) is 14.5 Å². The number of nitrogens with one attached hydrogen (secondary N) is 1. The monoisotopic (exact) mass is 295 g/mol. The van der Waals surface area contributed by atoms with Gasteiger partial charge in [-0.15, -0.1) is 0 Å². The smallest absolute Gasteiger partial charge is 0.242 e. The zero-order chi connectivity index (χ0) is 13.4. The molecule has 1 aromatic carbocycles. The molecule has 0 radical (unpaired) electrons. The predicted octanol–water partition coefficient (Wildman–Crippen LogP) is 2.97. The van der Waals surface area contributed by atoms with E-state index in [9.17, 15) is 4.79 Å². The molecule has 0 aliphatic carbocycles. The summed E-state index contributed by atoms with van der Waals surface area (Å²) in [5.41, 5.74) is 1.79. The summed E-state index contributed by atoms with van der Waals surface area (Å²) in [5.74, 6) is 0.129. The van der Waals surface area contributed by atoms with Gasteiger partial charge in [0.25, 0.3) is 0 Å². The van der Waals surface area contributed by atoms with E-state index in [2.05, 4.69) is 4.98 Å². The molecule has 2 aromatic rings. The lowest BCUT2D eigenvalue weighted by Crippen LogP contribution is -2.31. The van der Waals surface area contributed by atoms with Gasteiger partial charge in [-0.2, -0.15) is 0 Å². The van der Waals surface area contributed by atoms with Crippen LogP contribution in [0.3, 0.4) is 0 Å². The van der Waals surface area contributed by atoms with Crippen LogP contribution in [0.4, 0.5) is 0 Å². The lowest BCUT2D eigenvalue weighted by Gasteiger charge is -2.15. The lowest BCUT2D eigenvalue weighted by atomic mass is 10.3. The first-order chi connectivity index (χ1) is 9.15. The Kier molecular flexibility index (Phi) is 3.33. The Labute approximate surface area is 121 Å². The SMILES string of the molecule is O=C(Cn1c(=S)[nH]c2cc(Cl)ccc21)N1CCCC1. The lowest BCUT2D eigenvalue weighted by molar-refractivity contribution is -0.130. The summed E-state index contributed by atoms with van der Waals surface area (Å²) in [5, 5.41) is 0.654. The number of rotatable bonds is 2. The third-order valence-electron chi connectivity index (χ3n) is 3.49. The van der Waals surface area contributed by atoms with Gasteiger partial charge < -0.3 is 14.5 Å². The van der Waals surface area contributed by atoms with Crippen molar-refractivity contribution in [3.63, 3.8) is 0 Å². The zero-order valence-corrected chi connectivity index (χ0v) is 11.9. The summed E-state index contributed by atoms with van der Waals surface area (Å²) in [6.07, 6.45) is 2.20. The number of likely N-dealkylation sites (tertiary alicyclic amines) is 1. The van der Waals surface area contributed by atoms with Crippen molar-refractivity contribution in [3.8, 4) is 0 Å². The number of hydrogen-bond donors (Lipinski definition) is 1. The number of H-pyrrole nitrogens is 1. The standard InChI is InChI=1S/C13H14ClN3OS/c14-9-3-4-11-10(7-9)15-13(19)17(11)8-12(18)16-5-1-2-6-16/h3-4,7H,1-2,5-6,8H2,(H,15,19). The van der Waals surface area contributed by atoms with Gasteiger partial charge in [-0.1, -0.05) is 11.6 Å². The Balaban J connectivity index is 1.94. The normalized spacial score (nSPS) is 15.3. The van der Waals surface area contributed by atoms with Gasteiger partial charge in [0.1, 0.15) is 6.54 Å². The molecular formula is C13H14ClN3OS. The summed E-state index contributed by atoms with van der Waals surface area (Å²) in [4.78, 5) is 17.2. The van der Waals surface area contributed by atoms with Crippen molar-refractivity contribution in [2.75, 3.05) is 13.1 Å². The Bertz CT molecular complexity index is 685. The van der Waals surface area contributed by atoms with Gasteiger partial charge in [0.05, 0.1) is 11.0 Å². The van der Waals surface area contributed by atoms with E-state index < -0.39 is 0 Å². The molecule has 0 bridgehead atoms. The summed E-state index contributed by atoms with van der Waals surface area (Å²) < 4.78 is 2.39. The quantitative estimate of drug-likeness (QED) is 0.866. The number of halogens is 1. The predicted molar refractivity (Wildman–Crippen MR) is 77.9 cm³/mol. The van der Waals surface area contributed by atoms with E-state index in [0.717, 1.165) is 37.0 Å². The molecule has 1 saturated heterocycles. The third kappa shape index (κ3) is 2.40. The molecule has 1 N–H and O–H groups in total. The number of imidazole rings is 1. The van der Waals surface area contributed by atoms with E-state index in [4.69, 9.17) is 23.8 Å². The molecule has 1 aliphatic heterocycles. The van der Waals surface area contributed by atoms with Gasteiger partial charge in [-0.3, -0.25) is 4.79 Å². The number of aromatic amines is 1. The number of fused-ring (bicyclic) bond motifs is 1. The van der Waals surface area contributed by atoms with Crippen LogP contribution in [0.25, 0.3) is 11.0 Å². The highest BCUT2D eigenvalue weighted by molar-refractivity contribution is 7.71. The first kappa shape index (κ1) is 12.7. The van der Waals surface area contributed by atoms with Crippen LogP contribution in [0.15, 0.2) is 18.2 Å². The van der Waals surface area contributed by atoms with Crippen LogP contribution in [0.5, 0.6) is 0 Å². The fraction of sp³-hybridized carbons (Fsp3) is 0.385. The van der Waals surface area contributed by atoms with E-state index in [0.29, 0.717) is 16.3 Å². The fourth-order valence-electron chi connectivity index (χ4n) is 2.49. The van der Waals surface area contributed by atoms with E-state index in [-0.39, 0.29) is 5.91 Å². The van der Waals surface area contributed by atoms with Gasteiger partial charge in [0.2, 0.25) is 5.91 Å². The number of benzene rings is 1. The van der Waals surface area contributed by atoms with Crippen LogP contribution < -0.4 is 0 Å². The Morgan fingerprint density at radius 3 is 2.84 bits per heavy atom. The molecule has 1 aliphatic rings. The molecule has 19 heavy (non-hydrogen) atoms. The average Bonchev–Trinajstić information content (AvgIpc) is 2.98. The molecular weight excluding hydrogens is 282 g/mol. The van der Waals surface area contributed by atoms with Crippen LogP contribution >= 0.6 is 23.8 Å². The van der Waals surface area contributed by atoms with E-state index in [1.54, 1.807) is 0 Å². The second-order valence-electron chi connectivity index (χ2n) is 4.77. The summed E-state index contributed by atoms with van der Waals surface area (Å²) in [6.45, 7) is 2.02. The second-order valence-corrected chi connectivity index (χ2v) is 5.59. The Hall–Kier alpha value is -1.33. The first-order valence-electron chi connectivity index (χ1n) is 6.31. The van der Waals surface area contributed by atoms with Crippen molar-refractivity contribution >= 4 is 40.8 Å². The molecule has 100 valence electrons. The molecule has 1 aromatic heterocycles. The highest BCUT2D eigenvalue weighted by atomic mass is 35.5. The van der Waals surface area contributed by atoms with Gasteiger partial charge in [-0.05, 0) is 43.3 Å². The highest BCUT2D eigenvalue weighted by Gasteiger charge is 2.19. The molecule has 1 fully saturated rings. The van der Waals surface area contributed by atoms with E-state index >= 15 is 0 Å². The maximum Gasteiger partial charge on any atom is 0.242 e. The fourth-order valence-corrected chi connectivity index (χ4v) is 2.94. The number of nitrogens with zero attached hydrogens (tertiary/aromatic N) is 2. The third-order valence-corrected chi connectivity index (χ3v) is 4.05. The number of amides is 1. The van der Waals surface area contributed by atoms with E-state index in [1.807, 2.05) is 27.7 Å². The minimum Gasteiger partial charge on any atom is -0.341 e. The first-order valence-corrected chi connectivity index (χ1v) is 7.09. The van der Waals surface area contributed by atoms with Crippen LogP contribution in [-0.2, 0) is 11.3 Å². The van der Waals surface area contributed by atoms with Gasteiger partial charge in [0.15, 0.2) is 4.77 Å². The number of aromatic nitrogens is 2. The van der Waals surface area contributed by atoms with Crippen molar-refractivity contribution in [3.05, 3.63) is 28.0 Å². The van der Waals surface area contributed by atoms with Crippen molar-refractivity contribution in [2.45, 2.75) is 19.4 Å². The molecule has 2 heterocycles. The molecule has 0 saturated carbocycles. The average molecular weight is 296 g/mol. The maximum absolute atomic E-state index is 12.2. The molecule has 3 rings (SSSR count). The molecule has 4 nitrogen and oxygen atoms in total. The van der Waals surface area contributed by atoms with Crippen LogP contribution in [0.2, 0.25) is 5.02 Å². The van der Waals surface area contributed by atoms with Crippen LogP contribution in [-0.4, -0.2) is 33.4 Å². The minimum atomic E-state index is 0.129. The van der Waals surface area contributed by atoms with Gasteiger partial charge >= 0.3 is 0 Å². The van der Waals surface area contributed by atoms with Gasteiger partial charge in [0, 0.05) is 18.1 Å². The van der Waals surface area contributed by atoms with Crippen molar-refractivity contribution < 1.29 is 4.79 Å². The van der Waals surface area contributed by atoms with Crippen molar-refractivity contribution in [1.29, 1.82) is 0 Å². The zero-order valence-electron chi connectivity index (χ0n) is 10.4. The summed E-state index contributed by atoms with van der Waals surface area (Å²) >= 11 is 11.2. The number of carbonyl (C=O) groups excluding carboxylic acids is 1. The van der Waals surface area contributed by atoms with Gasteiger partial charge in [-0.25, -0.2) is 0 Å². The molecule has 0 atom stereocenters. The topological polar surface area (TPSA) is 41.0 Å². The van der Waals surface area contributed by atoms with E-state index in [1.165, 1.54) is 0 Å². The Morgan fingerprint density at radius 1 is 1.37 bits per heavy atom. The summed E-state index contributed by atoms with van der Waals surface area (Å²) in [6, 6.07) is 5.52. The number of carbonyl (C=O) groups is 1. The summed E-state index contributed by atoms with van der Waals surface area (Å²) in [7, 11) is 0. The second kappa shape index (κ2) is 4.98. The highest BCUT2D eigenvalue weighted by Crippen LogP contribution is 2.19. The van der Waals surface area contributed by atoms with Crippen molar-refractivity contribution in [2.24, 2.45) is 0 Å². The molecule has 1 amide bonds. The Morgan fingerprint density at radius 2 is 2.11 bits per heavy atom. The largest absolute Gasteiger partial charge is 0.341 e. The van der Waals surface area contributed by atoms with Crippen LogP contribution in [0.1, 0.15) is 12.8 Å². The van der Waals surface area contributed by atoms with Crippen LogP contribution in [0, 0.1) is 4.77 Å². The molecule has 0 spiro atoms. The number of hydrogen-bond acceptors (Lipinski definition) is 2. The molecule has 0 unspecified atom stereocenters. The maximum atomic E-state index is 12.2. The minimum absolute atomic E-state index is 0.129. The molecule has 6 heteroatoms.